The molecule has 1 unspecified atom stereocenters. The van der Waals surface area contributed by atoms with Gasteiger partial charge in [0.2, 0.25) is 0 Å². The summed E-state index contributed by atoms with van der Waals surface area (Å²) in [5, 5.41) is 7.29. The molecule has 1 saturated heterocycles. The molecule has 148 valence electrons. The standard InChI is InChI=1S/C22H24ClN3O.H2O/c1-25-13-4-5-18(12-14-25)26-22(27)20-7-3-2-6-19(20)21(24-26)15-16-8-10-17(23)11-9-16;/h2-3,6-11,18H,4-5,12-15H2,1H3;1H2/p-1. The Morgan fingerprint density at radius 1 is 1.04 bits per heavy atom. The average molecular weight is 399 g/mol. The van der Waals surface area contributed by atoms with E-state index in [-0.39, 0.29) is 17.1 Å². The second-order valence-corrected chi connectivity index (χ2v) is 7.87. The molecule has 0 aliphatic carbocycles. The maximum absolute atomic E-state index is 13.1. The molecular weight excluding hydrogens is 374 g/mol. The van der Waals surface area contributed by atoms with Gasteiger partial charge in [-0.1, -0.05) is 41.9 Å². The molecule has 1 fully saturated rings. The van der Waals surface area contributed by atoms with Crippen molar-refractivity contribution >= 4 is 22.4 Å². The number of benzene rings is 2. The summed E-state index contributed by atoms with van der Waals surface area (Å²) >= 11 is 6.02. The summed E-state index contributed by atoms with van der Waals surface area (Å²) in [5.41, 5.74) is 2.12. The fourth-order valence-electron chi connectivity index (χ4n) is 3.91. The second kappa shape index (κ2) is 8.86. The number of nitrogens with zero attached hydrogens (tertiary/aromatic N) is 3. The lowest BCUT2D eigenvalue weighted by Crippen LogP contribution is -2.29. The predicted octanol–water partition coefficient (Wildman–Crippen LogP) is 4.12. The van der Waals surface area contributed by atoms with E-state index in [4.69, 9.17) is 16.7 Å². The van der Waals surface area contributed by atoms with Crippen molar-refractivity contribution in [3.05, 3.63) is 75.2 Å². The van der Waals surface area contributed by atoms with Crippen LogP contribution in [0.5, 0.6) is 0 Å². The second-order valence-electron chi connectivity index (χ2n) is 7.43. The summed E-state index contributed by atoms with van der Waals surface area (Å²) < 4.78 is 1.76. The van der Waals surface area contributed by atoms with Crippen LogP contribution in [0.2, 0.25) is 5.02 Å². The largest absolute Gasteiger partial charge is 0.870 e. The minimum Gasteiger partial charge on any atom is -0.870 e. The Morgan fingerprint density at radius 2 is 1.75 bits per heavy atom. The van der Waals surface area contributed by atoms with E-state index in [0.717, 1.165) is 59.4 Å². The molecule has 2 heterocycles. The Labute approximate surface area is 169 Å². The molecule has 6 heteroatoms. The van der Waals surface area contributed by atoms with Crippen LogP contribution >= 0.6 is 11.6 Å². The van der Waals surface area contributed by atoms with Crippen molar-refractivity contribution in [3.63, 3.8) is 0 Å². The van der Waals surface area contributed by atoms with E-state index in [1.54, 1.807) is 4.68 Å². The predicted molar refractivity (Wildman–Crippen MR) is 113 cm³/mol. The van der Waals surface area contributed by atoms with Crippen LogP contribution in [0.1, 0.15) is 36.6 Å². The van der Waals surface area contributed by atoms with Crippen molar-refractivity contribution in [2.24, 2.45) is 0 Å². The quantitative estimate of drug-likeness (QED) is 0.665. The summed E-state index contributed by atoms with van der Waals surface area (Å²) in [4.78, 5) is 15.5. The van der Waals surface area contributed by atoms with Gasteiger partial charge in [0, 0.05) is 16.8 Å². The van der Waals surface area contributed by atoms with Gasteiger partial charge < -0.3 is 10.4 Å². The number of hydrogen-bond acceptors (Lipinski definition) is 4. The van der Waals surface area contributed by atoms with Gasteiger partial charge in [-0.25, -0.2) is 4.68 Å². The Hall–Kier alpha value is -2.21. The van der Waals surface area contributed by atoms with Crippen molar-refractivity contribution < 1.29 is 5.48 Å². The molecule has 1 aliphatic heterocycles. The maximum Gasteiger partial charge on any atom is 0.274 e. The van der Waals surface area contributed by atoms with Gasteiger partial charge in [-0.2, -0.15) is 5.10 Å². The van der Waals surface area contributed by atoms with Crippen LogP contribution in [0.4, 0.5) is 0 Å². The van der Waals surface area contributed by atoms with Crippen LogP contribution in [0.25, 0.3) is 10.8 Å². The molecule has 1 N–H and O–H groups in total. The molecule has 0 spiro atoms. The SMILES string of the molecule is CN1CCCC(n2nc(Cc3ccc(Cl)cc3)c3ccccc3c2=O)CC1.[OH-]. The van der Waals surface area contributed by atoms with E-state index in [1.165, 1.54) is 0 Å². The molecule has 28 heavy (non-hydrogen) atoms. The monoisotopic (exact) mass is 398 g/mol. The molecular formula is C22H25ClN3O2-. The van der Waals surface area contributed by atoms with Crippen molar-refractivity contribution in [2.75, 3.05) is 20.1 Å². The highest BCUT2D eigenvalue weighted by Gasteiger charge is 2.21. The Kier molecular flexibility index (Phi) is 6.50. The summed E-state index contributed by atoms with van der Waals surface area (Å²) in [5.74, 6) is 0. The summed E-state index contributed by atoms with van der Waals surface area (Å²) in [6.07, 6.45) is 3.73. The van der Waals surface area contributed by atoms with Gasteiger partial charge in [-0.05, 0) is 63.2 Å². The Balaban J connectivity index is 0.00000225. The molecule has 1 atom stereocenters. The normalized spacial score (nSPS) is 17.9. The number of fused-ring (bicyclic) bond motifs is 1. The topological polar surface area (TPSA) is 68.1 Å². The molecule has 0 bridgehead atoms. The third-order valence-electron chi connectivity index (χ3n) is 5.46. The lowest BCUT2D eigenvalue weighted by molar-refractivity contribution is 0.334. The number of halogens is 1. The van der Waals surface area contributed by atoms with E-state index >= 15 is 0 Å². The van der Waals surface area contributed by atoms with Gasteiger partial charge >= 0.3 is 0 Å². The van der Waals surface area contributed by atoms with Crippen molar-refractivity contribution in [1.82, 2.24) is 14.7 Å². The number of hydrogen-bond donors (Lipinski definition) is 0. The van der Waals surface area contributed by atoms with Crippen LogP contribution in [-0.4, -0.2) is 40.3 Å². The van der Waals surface area contributed by atoms with E-state index in [1.807, 2.05) is 48.5 Å². The average Bonchev–Trinajstić information content (AvgIpc) is 2.90. The van der Waals surface area contributed by atoms with E-state index in [2.05, 4.69) is 11.9 Å². The van der Waals surface area contributed by atoms with Gasteiger partial charge in [-0.15, -0.1) is 0 Å². The molecule has 0 radical (unpaired) electrons. The fraction of sp³-hybridized carbons (Fsp3) is 0.364. The van der Waals surface area contributed by atoms with Gasteiger partial charge in [0.05, 0.1) is 17.1 Å². The Bertz CT molecular complexity index is 1000. The molecule has 0 amide bonds. The minimum absolute atomic E-state index is 0. The van der Waals surface area contributed by atoms with Gasteiger partial charge in [0.1, 0.15) is 0 Å². The first kappa shape index (κ1) is 20.5. The lowest BCUT2D eigenvalue weighted by atomic mass is 10.0. The van der Waals surface area contributed by atoms with E-state index in [0.29, 0.717) is 6.42 Å². The molecule has 5 nitrogen and oxygen atoms in total. The summed E-state index contributed by atoms with van der Waals surface area (Å²) in [7, 11) is 2.14. The molecule has 4 rings (SSSR count). The first-order chi connectivity index (χ1) is 13.1. The van der Waals surface area contributed by atoms with Gasteiger partial charge in [-0.3, -0.25) is 4.79 Å². The molecule has 1 aromatic heterocycles. The zero-order valence-electron chi connectivity index (χ0n) is 16.0. The molecule has 3 aromatic rings. The van der Waals surface area contributed by atoms with Crippen molar-refractivity contribution in [2.45, 2.75) is 31.7 Å². The molecule has 1 aliphatic rings. The zero-order valence-corrected chi connectivity index (χ0v) is 16.8. The minimum atomic E-state index is 0. The third-order valence-corrected chi connectivity index (χ3v) is 5.71. The molecule has 0 saturated carbocycles. The van der Waals surface area contributed by atoms with Crippen LogP contribution in [0, 0.1) is 0 Å². The van der Waals surface area contributed by atoms with Crippen molar-refractivity contribution in [1.29, 1.82) is 0 Å². The third kappa shape index (κ3) is 4.27. The van der Waals surface area contributed by atoms with Crippen LogP contribution in [0.15, 0.2) is 53.3 Å². The highest BCUT2D eigenvalue weighted by molar-refractivity contribution is 6.30. The zero-order chi connectivity index (χ0) is 18.8. The highest BCUT2D eigenvalue weighted by atomic mass is 35.5. The summed E-state index contributed by atoms with van der Waals surface area (Å²) in [6, 6.07) is 15.8. The van der Waals surface area contributed by atoms with Crippen LogP contribution < -0.4 is 5.56 Å². The number of likely N-dealkylation sites (tertiary alicyclic amines) is 1. The molecule has 2 aromatic carbocycles. The number of rotatable bonds is 3. The van der Waals surface area contributed by atoms with Gasteiger partial charge in [0.15, 0.2) is 0 Å². The van der Waals surface area contributed by atoms with Gasteiger partial charge in [0.25, 0.3) is 5.56 Å². The van der Waals surface area contributed by atoms with E-state index < -0.39 is 0 Å². The fourth-order valence-corrected chi connectivity index (χ4v) is 4.04. The first-order valence-electron chi connectivity index (χ1n) is 9.55. The lowest BCUT2D eigenvalue weighted by Gasteiger charge is -2.19. The first-order valence-corrected chi connectivity index (χ1v) is 9.93. The van der Waals surface area contributed by atoms with Crippen LogP contribution in [0.3, 0.4) is 0 Å². The van der Waals surface area contributed by atoms with Crippen LogP contribution in [-0.2, 0) is 6.42 Å². The highest BCUT2D eigenvalue weighted by Crippen LogP contribution is 2.23. The smallest absolute Gasteiger partial charge is 0.274 e. The Morgan fingerprint density at radius 3 is 2.50 bits per heavy atom. The number of aromatic nitrogens is 2. The summed E-state index contributed by atoms with van der Waals surface area (Å²) in [6.45, 7) is 2.08. The van der Waals surface area contributed by atoms with Crippen molar-refractivity contribution in [3.8, 4) is 0 Å². The maximum atomic E-state index is 13.1. The van der Waals surface area contributed by atoms with E-state index in [9.17, 15) is 4.79 Å².